The highest BCUT2D eigenvalue weighted by molar-refractivity contribution is 6.30. The second-order valence-electron chi connectivity index (χ2n) is 6.21. The molecule has 1 fully saturated rings. The molecule has 0 radical (unpaired) electrons. The van der Waals surface area contributed by atoms with Gasteiger partial charge in [-0.1, -0.05) is 24.6 Å². The average Bonchev–Trinajstić information content (AvgIpc) is 2.58. The van der Waals surface area contributed by atoms with E-state index in [4.69, 9.17) is 17.3 Å². The molecule has 2 amide bonds. The van der Waals surface area contributed by atoms with Gasteiger partial charge in [0.25, 0.3) is 0 Å². The number of nitrogens with one attached hydrogen (secondary N) is 1. The van der Waals surface area contributed by atoms with E-state index in [9.17, 15) is 9.59 Å². The van der Waals surface area contributed by atoms with Crippen LogP contribution in [0.5, 0.6) is 0 Å². The van der Waals surface area contributed by atoms with E-state index in [2.05, 4.69) is 10.2 Å². The molecule has 1 saturated heterocycles. The van der Waals surface area contributed by atoms with Crippen molar-refractivity contribution >= 4 is 29.1 Å². The van der Waals surface area contributed by atoms with Crippen LogP contribution in [0.1, 0.15) is 13.8 Å². The van der Waals surface area contributed by atoms with Crippen molar-refractivity contribution in [1.29, 1.82) is 0 Å². The van der Waals surface area contributed by atoms with Gasteiger partial charge in [-0.3, -0.25) is 9.59 Å². The molecule has 0 aromatic heterocycles. The van der Waals surface area contributed by atoms with Crippen LogP contribution in [0.3, 0.4) is 0 Å². The fourth-order valence-corrected chi connectivity index (χ4v) is 2.75. The fourth-order valence-electron chi connectivity index (χ4n) is 2.56. The third-order valence-electron chi connectivity index (χ3n) is 4.42. The van der Waals surface area contributed by atoms with Gasteiger partial charge in [0.2, 0.25) is 11.8 Å². The zero-order valence-corrected chi connectivity index (χ0v) is 14.9. The predicted octanol–water partition coefficient (Wildman–Crippen LogP) is 1.09. The molecule has 6 nitrogen and oxygen atoms in total. The first-order chi connectivity index (χ1) is 11.4. The van der Waals surface area contributed by atoms with Crippen LogP contribution < -0.4 is 16.0 Å². The molecular formula is C17H25ClN4O2. The minimum atomic E-state index is -0.308. The van der Waals surface area contributed by atoms with Gasteiger partial charge in [-0.2, -0.15) is 0 Å². The molecule has 0 saturated carbocycles. The summed E-state index contributed by atoms with van der Waals surface area (Å²) in [5, 5.41) is 3.38. The minimum absolute atomic E-state index is 0.0209. The molecule has 1 aromatic rings. The Morgan fingerprint density at radius 1 is 1.25 bits per heavy atom. The number of piperazine rings is 1. The van der Waals surface area contributed by atoms with Crippen LogP contribution in [0.2, 0.25) is 5.02 Å². The Hall–Kier alpha value is -1.79. The van der Waals surface area contributed by atoms with Crippen molar-refractivity contribution in [2.24, 2.45) is 11.7 Å². The van der Waals surface area contributed by atoms with E-state index >= 15 is 0 Å². The lowest BCUT2D eigenvalue weighted by Crippen LogP contribution is -2.52. The number of amides is 2. The first-order valence-corrected chi connectivity index (χ1v) is 8.58. The number of nitrogens with two attached hydrogens (primary N) is 1. The summed E-state index contributed by atoms with van der Waals surface area (Å²) < 4.78 is 0. The van der Waals surface area contributed by atoms with E-state index in [1.54, 1.807) is 18.7 Å². The molecule has 24 heavy (non-hydrogen) atoms. The largest absolute Gasteiger partial charge is 0.368 e. The number of nitrogens with zero attached hydrogens (tertiary/aromatic N) is 2. The summed E-state index contributed by atoms with van der Waals surface area (Å²) in [6.07, 6.45) is 0. The van der Waals surface area contributed by atoms with E-state index in [0.29, 0.717) is 18.1 Å². The number of carbonyl (C=O) groups excluding carboxylic acids is 2. The standard InChI is InChI=1S/C17H25ClN4O2/c1-12(13(2)19)17(24)20-11-16(23)22-8-6-21(7-9-22)15-5-3-4-14(18)10-15/h3-5,10,12-13H,6-9,11,19H2,1-2H3,(H,20,24). The van der Waals surface area contributed by atoms with Crippen LogP contribution in [0.25, 0.3) is 0 Å². The summed E-state index contributed by atoms with van der Waals surface area (Å²) in [5.41, 5.74) is 6.76. The Morgan fingerprint density at radius 2 is 1.92 bits per heavy atom. The Balaban J connectivity index is 1.79. The van der Waals surface area contributed by atoms with Gasteiger partial charge in [0, 0.05) is 48.8 Å². The number of rotatable bonds is 5. The number of anilines is 1. The highest BCUT2D eigenvalue weighted by Crippen LogP contribution is 2.20. The maximum atomic E-state index is 12.2. The van der Waals surface area contributed by atoms with Crippen LogP contribution in [0, 0.1) is 5.92 Å². The first kappa shape index (κ1) is 18.5. The van der Waals surface area contributed by atoms with E-state index in [-0.39, 0.29) is 30.3 Å². The van der Waals surface area contributed by atoms with Crippen molar-refractivity contribution in [3.8, 4) is 0 Å². The molecule has 0 aliphatic carbocycles. The topological polar surface area (TPSA) is 78.7 Å². The van der Waals surface area contributed by atoms with Crippen molar-refractivity contribution in [2.45, 2.75) is 19.9 Å². The second-order valence-corrected chi connectivity index (χ2v) is 6.65. The van der Waals surface area contributed by atoms with E-state index in [1.165, 1.54) is 0 Å². The molecule has 1 heterocycles. The number of hydrogen-bond acceptors (Lipinski definition) is 4. The maximum Gasteiger partial charge on any atom is 0.242 e. The lowest BCUT2D eigenvalue weighted by molar-refractivity contribution is -0.134. The summed E-state index contributed by atoms with van der Waals surface area (Å²) in [4.78, 5) is 28.1. The van der Waals surface area contributed by atoms with Gasteiger partial charge in [-0.15, -0.1) is 0 Å². The Labute approximate surface area is 147 Å². The van der Waals surface area contributed by atoms with Crippen LogP contribution in [0.4, 0.5) is 5.69 Å². The van der Waals surface area contributed by atoms with Gasteiger partial charge in [0.15, 0.2) is 0 Å². The number of hydrogen-bond donors (Lipinski definition) is 2. The molecule has 7 heteroatoms. The summed E-state index contributed by atoms with van der Waals surface area (Å²) in [5.74, 6) is -0.556. The van der Waals surface area contributed by atoms with Gasteiger partial charge >= 0.3 is 0 Å². The zero-order chi connectivity index (χ0) is 17.7. The maximum absolute atomic E-state index is 12.2. The molecule has 3 N–H and O–H groups in total. The van der Waals surface area contributed by atoms with Crippen molar-refractivity contribution in [3.63, 3.8) is 0 Å². The van der Waals surface area contributed by atoms with Crippen molar-refractivity contribution in [1.82, 2.24) is 10.2 Å². The fraction of sp³-hybridized carbons (Fsp3) is 0.529. The zero-order valence-electron chi connectivity index (χ0n) is 14.2. The third-order valence-corrected chi connectivity index (χ3v) is 4.66. The van der Waals surface area contributed by atoms with Crippen LogP contribution in [0.15, 0.2) is 24.3 Å². The summed E-state index contributed by atoms with van der Waals surface area (Å²) in [6, 6.07) is 7.47. The van der Waals surface area contributed by atoms with E-state index < -0.39 is 0 Å². The second kappa shape index (κ2) is 8.35. The molecule has 2 rings (SSSR count). The Morgan fingerprint density at radius 3 is 2.50 bits per heavy atom. The molecule has 1 aliphatic rings. The average molecular weight is 353 g/mol. The lowest BCUT2D eigenvalue weighted by atomic mass is 10.0. The highest BCUT2D eigenvalue weighted by atomic mass is 35.5. The number of halogens is 1. The molecule has 1 aliphatic heterocycles. The Kier molecular flexibility index (Phi) is 6.45. The SMILES string of the molecule is CC(N)C(C)C(=O)NCC(=O)N1CCN(c2cccc(Cl)c2)CC1. The van der Waals surface area contributed by atoms with E-state index in [1.807, 2.05) is 24.3 Å². The summed E-state index contributed by atoms with van der Waals surface area (Å²) in [7, 11) is 0. The third kappa shape index (κ3) is 4.85. The molecule has 0 spiro atoms. The molecule has 132 valence electrons. The number of benzene rings is 1. The molecule has 2 atom stereocenters. The van der Waals surface area contributed by atoms with E-state index in [0.717, 1.165) is 18.8 Å². The highest BCUT2D eigenvalue weighted by Gasteiger charge is 2.23. The van der Waals surface area contributed by atoms with Crippen molar-refractivity contribution in [2.75, 3.05) is 37.6 Å². The normalized spacial score (nSPS) is 17.3. The Bertz CT molecular complexity index is 586. The van der Waals surface area contributed by atoms with Gasteiger partial charge in [0.05, 0.1) is 6.54 Å². The molecule has 0 bridgehead atoms. The monoisotopic (exact) mass is 352 g/mol. The lowest BCUT2D eigenvalue weighted by Gasteiger charge is -2.36. The van der Waals surface area contributed by atoms with Crippen LogP contribution >= 0.6 is 11.6 Å². The van der Waals surface area contributed by atoms with Gasteiger partial charge in [-0.05, 0) is 25.1 Å². The summed E-state index contributed by atoms with van der Waals surface area (Å²) >= 11 is 6.02. The van der Waals surface area contributed by atoms with Gasteiger partial charge < -0.3 is 20.9 Å². The van der Waals surface area contributed by atoms with Crippen LogP contribution in [-0.2, 0) is 9.59 Å². The smallest absolute Gasteiger partial charge is 0.242 e. The molecule has 1 aromatic carbocycles. The van der Waals surface area contributed by atoms with Crippen LogP contribution in [-0.4, -0.2) is 55.5 Å². The number of carbonyl (C=O) groups is 2. The quantitative estimate of drug-likeness (QED) is 0.831. The molecular weight excluding hydrogens is 328 g/mol. The van der Waals surface area contributed by atoms with Gasteiger partial charge in [-0.25, -0.2) is 0 Å². The van der Waals surface area contributed by atoms with Crippen molar-refractivity contribution in [3.05, 3.63) is 29.3 Å². The predicted molar refractivity (Wildman–Crippen MR) is 96.1 cm³/mol. The van der Waals surface area contributed by atoms with Crippen molar-refractivity contribution < 1.29 is 9.59 Å². The van der Waals surface area contributed by atoms with Gasteiger partial charge in [0.1, 0.15) is 0 Å². The minimum Gasteiger partial charge on any atom is -0.368 e. The molecule has 2 unspecified atom stereocenters. The summed E-state index contributed by atoms with van der Waals surface area (Å²) in [6.45, 7) is 6.31. The first-order valence-electron chi connectivity index (χ1n) is 8.20.